The third kappa shape index (κ3) is 2.39. The first kappa shape index (κ1) is 11.9. The van der Waals surface area contributed by atoms with Crippen molar-refractivity contribution in [3.63, 3.8) is 0 Å². The van der Waals surface area contributed by atoms with Crippen LogP contribution in [0.15, 0.2) is 43.0 Å². The lowest BCUT2D eigenvalue weighted by Crippen LogP contribution is -2.32. The van der Waals surface area contributed by atoms with E-state index in [1.165, 1.54) is 0 Å². The molecule has 1 aliphatic heterocycles. The molecule has 1 amide bonds. The van der Waals surface area contributed by atoms with Crippen molar-refractivity contribution in [1.29, 1.82) is 0 Å². The molecule has 3 nitrogen and oxygen atoms in total. The van der Waals surface area contributed by atoms with Gasteiger partial charge in [-0.15, -0.1) is 6.58 Å². The third-order valence-corrected chi connectivity index (χ3v) is 3.26. The van der Waals surface area contributed by atoms with Crippen molar-refractivity contribution in [3.8, 4) is 0 Å². The number of benzene rings is 1. The quantitative estimate of drug-likeness (QED) is 0.802. The summed E-state index contributed by atoms with van der Waals surface area (Å²) in [5.74, 6) is 0.304. The Kier molecular flexibility index (Phi) is 3.59. The van der Waals surface area contributed by atoms with Crippen LogP contribution in [0.5, 0.6) is 0 Å². The fraction of sp³-hybridized carbons (Fsp3) is 0.357. The van der Waals surface area contributed by atoms with Gasteiger partial charge in [0.2, 0.25) is 5.91 Å². The zero-order valence-corrected chi connectivity index (χ0v) is 9.75. The van der Waals surface area contributed by atoms with E-state index in [0.717, 1.165) is 5.56 Å². The third-order valence-electron chi connectivity index (χ3n) is 3.26. The lowest BCUT2D eigenvalue weighted by molar-refractivity contribution is -0.130. The summed E-state index contributed by atoms with van der Waals surface area (Å²) in [4.78, 5) is 13.6. The van der Waals surface area contributed by atoms with Crippen molar-refractivity contribution < 1.29 is 9.90 Å². The molecule has 1 aliphatic rings. The summed E-state index contributed by atoms with van der Waals surface area (Å²) in [6.07, 6.45) is 2.32. The minimum Gasteiger partial charge on any atom is -0.394 e. The molecule has 1 fully saturated rings. The number of amides is 1. The average Bonchev–Trinajstić information content (AvgIpc) is 2.73. The van der Waals surface area contributed by atoms with E-state index < -0.39 is 0 Å². The second-order valence-corrected chi connectivity index (χ2v) is 4.36. The molecule has 2 rings (SSSR count). The lowest BCUT2D eigenvalue weighted by atomic mass is 10.1. The molecule has 17 heavy (non-hydrogen) atoms. The predicted molar refractivity (Wildman–Crippen MR) is 66.3 cm³/mol. The number of aliphatic hydroxyl groups is 1. The number of nitrogens with zero attached hydrogens (tertiary/aromatic N) is 1. The van der Waals surface area contributed by atoms with Gasteiger partial charge in [-0.2, -0.15) is 0 Å². The highest BCUT2D eigenvalue weighted by atomic mass is 16.3. The summed E-state index contributed by atoms with van der Waals surface area (Å²) < 4.78 is 0. The molecule has 1 heterocycles. The van der Waals surface area contributed by atoms with Gasteiger partial charge in [0, 0.05) is 18.9 Å². The Morgan fingerprint density at radius 3 is 2.71 bits per heavy atom. The van der Waals surface area contributed by atoms with Crippen LogP contribution < -0.4 is 0 Å². The van der Waals surface area contributed by atoms with Crippen molar-refractivity contribution in [2.45, 2.75) is 12.5 Å². The number of rotatable bonds is 4. The van der Waals surface area contributed by atoms with Gasteiger partial charge in [0.15, 0.2) is 0 Å². The van der Waals surface area contributed by atoms with Crippen molar-refractivity contribution in [3.05, 3.63) is 48.6 Å². The van der Waals surface area contributed by atoms with Crippen LogP contribution >= 0.6 is 0 Å². The molecule has 1 aromatic carbocycles. The molecular formula is C14H17NO2. The number of likely N-dealkylation sites (tertiary alicyclic amines) is 1. The van der Waals surface area contributed by atoms with Crippen LogP contribution in [-0.2, 0) is 4.79 Å². The van der Waals surface area contributed by atoms with Crippen LogP contribution in [0.3, 0.4) is 0 Å². The molecular weight excluding hydrogens is 214 g/mol. The van der Waals surface area contributed by atoms with Crippen LogP contribution in [0.1, 0.15) is 18.0 Å². The van der Waals surface area contributed by atoms with E-state index in [1.54, 1.807) is 4.90 Å². The highest BCUT2D eigenvalue weighted by Gasteiger charge is 2.33. The first-order valence-electron chi connectivity index (χ1n) is 5.84. The van der Waals surface area contributed by atoms with Crippen LogP contribution in [0.25, 0.3) is 0 Å². The van der Waals surface area contributed by atoms with E-state index >= 15 is 0 Å². The number of hydrogen-bond acceptors (Lipinski definition) is 2. The smallest absolute Gasteiger partial charge is 0.223 e. The van der Waals surface area contributed by atoms with Gasteiger partial charge in [0.05, 0.1) is 12.6 Å². The van der Waals surface area contributed by atoms with Gasteiger partial charge in [0.25, 0.3) is 0 Å². The van der Waals surface area contributed by atoms with Gasteiger partial charge >= 0.3 is 0 Å². The average molecular weight is 231 g/mol. The largest absolute Gasteiger partial charge is 0.394 e. The van der Waals surface area contributed by atoms with Crippen molar-refractivity contribution >= 4 is 5.91 Å². The van der Waals surface area contributed by atoms with Crippen molar-refractivity contribution in [1.82, 2.24) is 4.90 Å². The Morgan fingerprint density at radius 1 is 1.47 bits per heavy atom. The van der Waals surface area contributed by atoms with Gasteiger partial charge in [-0.3, -0.25) is 4.79 Å². The van der Waals surface area contributed by atoms with Crippen LogP contribution in [0.2, 0.25) is 0 Å². The Balaban J connectivity index is 2.20. The minimum absolute atomic E-state index is 0.0420. The number of carbonyl (C=O) groups is 1. The van der Waals surface area contributed by atoms with Crippen LogP contribution in [-0.4, -0.2) is 29.1 Å². The summed E-state index contributed by atoms with van der Waals surface area (Å²) in [6, 6.07) is 9.42. The second kappa shape index (κ2) is 5.15. The molecule has 0 radical (unpaired) electrons. The maximum Gasteiger partial charge on any atom is 0.223 e. The van der Waals surface area contributed by atoms with Gasteiger partial charge < -0.3 is 10.0 Å². The second-order valence-electron chi connectivity index (χ2n) is 4.36. The molecule has 1 aromatic rings. The predicted octanol–water partition coefficient (Wildman–Crippen LogP) is 1.75. The molecule has 3 heteroatoms. The normalized spacial score (nSPS) is 21.6. The van der Waals surface area contributed by atoms with Crippen molar-refractivity contribution in [2.24, 2.45) is 5.92 Å². The summed E-state index contributed by atoms with van der Waals surface area (Å²) in [5, 5.41) is 9.50. The SMILES string of the molecule is C=CC1CC(=O)N(C(CO)c2ccccc2)C1. The highest BCUT2D eigenvalue weighted by molar-refractivity contribution is 5.79. The van der Waals surface area contributed by atoms with Crippen LogP contribution in [0.4, 0.5) is 0 Å². The van der Waals surface area contributed by atoms with Gasteiger partial charge in [-0.1, -0.05) is 36.4 Å². The van der Waals surface area contributed by atoms with E-state index in [4.69, 9.17) is 0 Å². The van der Waals surface area contributed by atoms with Crippen molar-refractivity contribution in [2.75, 3.05) is 13.2 Å². The Labute approximate surface area is 101 Å². The van der Waals surface area contributed by atoms with E-state index in [-0.39, 0.29) is 24.5 Å². The summed E-state index contributed by atoms with van der Waals surface area (Å²) in [6.45, 7) is 4.34. The standard InChI is InChI=1S/C14H17NO2/c1-2-11-8-14(17)15(9-11)13(10-16)12-6-4-3-5-7-12/h2-7,11,13,16H,1,8-10H2. The Hall–Kier alpha value is -1.61. The number of hydrogen-bond donors (Lipinski definition) is 1. The van der Waals surface area contributed by atoms with E-state index in [1.807, 2.05) is 36.4 Å². The lowest BCUT2D eigenvalue weighted by Gasteiger charge is -2.26. The first-order valence-corrected chi connectivity index (χ1v) is 5.84. The molecule has 1 N–H and O–H groups in total. The maximum absolute atomic E-state index is 11.9. The summed E-state index contributed by atoms with van der Waals surface area (Å²) >= 11 is 0. The molecule has 0 aliphatic carbocycles. The highest BCUT2D eigenvalue weighted by Crippen LogP contribution is 2.28. The Bertz CT molecular complexity index is 402. The topological polar surface area (TPSA) is 40.5 Å². The van der Waals surface area contributed by atoms with E-state index in [9.17, 15) is 9.90 Å². The zero-order chi connectivity index (χ0) is 12.3. The molecule has 2 atom stereocenters. The summed E-state index contributed by atoms with van der Waals surface area (Å²) in [5.41, 5.74) is 0.980. The zero-order valence-electron chi connectivity index (χ0n) is 9.75. The van der Waals surface area contributed by atoms with Gasteiger partial charge in [-0.25, -0.2) is 0 Å². The fourth-order valence-corrected chi connectivity index (χ4v) is 2.28. The van der Waals surface area contributed by atoms with E-state index in [2.05, 4.69) is 6.58 Å². The molecule has 1 saturated heterocycles. The fourth-order valence-electron chi connectivity index (χ4n) is 2.28. The summed E-state index contributed by atoms with van der Waals surface area (Å²) in [7, 11) is 0. The minimum atomic E-state index is -0.228. The van der Waals surface area contributed by atoms with E-state index in [0.29, 0.717) is 13.0 Å². The monoisotopic (exact) mass is 231 g/mol. The van der Waals surface area contributed by atoms with Gasteiger partial charge in [0.1, 0.15) is 0 Å². The maximum atomic E-state index is 11.9. The molecule has 0 spiro atoms. The van der Waals surface area contributed by atoms with Gasteiger partial charge in [-0.05, 0) is 5.56 Å². The molecule has 2 unspecified atom stereocenters. The molecule has 0 saturated carbocycles. The number of aliphatic hydroxyl groups excluding tert-OH is 1. The molecule has 0 aromatic heterocycles. The first-order chi connectivity index (χ1) is 8.26. The number of carbonyl (C=O) groups excluding carboxylic acids is 1. The Morgan fingerprint density at radius 2 is 2.18 bits per heavy atom. The molecule has 0 bridgehead atoms. The van der Waals surface area contributed by atoms with Crippen LogP contribution in [0, 0.1) is 5.92 Å². The molecule has 90 valence electrons.